The number of ether oxygens (including phenoxy) is 1. The molecule has 0 saturated carbocycles. The second-order valence-electron chi connectivity index (χ2n) is 7.99. The third kappa shape index (κ3) is 6.92. The van der Waals surface area contributed by atoms with Crippen molar-refractivity contribution in [1.29, 1.82) is 0 Å². The zero-order chi connectivity index (χ0) is 24.7. The van der Waals surface area contributed by atoms with Crippen LogP contribution >= 0.6 is 0 Å². The minimum atomic E-state index is -3.60. The molecular formula is C26H28N2O5S. The van der Waals surface area contributed by atoms with E-state index in [1.807, 2.05) is 31.2 Å². The number of carbonyl (C=O) groups excluding carboxylic acids is 2. The fourth-order valence-corrected chi connectivity index (χ4v) is 4.23. The van der Waals surface area contributed by atoms with Gasteiger partial charge in [0.2, 0.25) is 10.0 Å². The minimum Gasteiger partial charge on any atom is -0.492 e. The van der Waals surface area contributed by atoms with Crippen molar-refractivity contribution in [2.75, 3.05) is 23.7 Å². The molecule has 0 aliphatic carbocycles. The number of benzene rings is 3. The van der Waals surface area contributed by atoms with E-state index in [9.17, 15) is 18.0 Å². The molecular weight excluding hydrogens is 452 g/mol. The zero-order valence-corrected chi connectivity index (χ0v) is 20.3. The molecule has 0 fully saturated rings. The Morgan fingerprint density at radius 1 is 0.941 bits per heavy atom. The summed E-state index contributed by atoms with van der Waals surface area (Å²) in [6, 6.07) is 20.9. The molecule has 8 heteroatoms. The predicted octanol–water partition coefficient (Wildman–Crippen LogP) is 3.97. The number of anilines is 1. The molecule has 0 aliphatic rings. The van der Waals surface area contributed by atoms with E-state index < -0.39 is 10.0 Å². The van der Waals surface area contributed by atoms with E-state index in [0.717, 1.165) is 17.6 Å². The maximum absolute atomic E-state index is 12.4. The van der Waals surface area contributed by atoms with Gasteiger partial charge in [-0.3, -0.25) is 13.9 Å². The van der Waals surface area contributed by atoms with E-state index in [-0.39, 0.29) is 18.2 Å². The van der Waals surface area contributed by atoms with E-state index in [0.29, 0.717) is 35.5 Å². The van der Waals surface area contributed by atoms with Crippen LogP contribution in [0.5, 0.6) is 5.75 Å². The molecule has 3 aromatic carbocycles. The highest BCUT2D eigenvalue weighted by molar-refractivity contribution is 7.92. The Balaban J connectivity index is 1.61. The van der Waals surface area contributed by atoms with Gasteiger partial charge < -0.3 is 10.1 Å². The van der Waals surface area contributed by atoms with Gasteiger partial charge in [-0.25, -0.2) is 8.42 Å². The number of Topliss-reactive ketones (excluding diaryl/α,β-unsaturated/α-hetero) is 1. The molecule has 3 aromatic rings. The highest BCUT2D eigenvalue weighted by Crippen LogP contribution is 2.22. The Kier molecular flexibility index (Phi) is 8.07. The lowest BCUT2D eigenvalue weighted by atomic mass is 10.1. The standard InChI is InChI=1S/C26H28N2O5S/c1-19-6-4-9-25(16-19)33-15-14-27-26(30)22-12-10-21(11-13-22)18-28(34(3,31)32)24-8-5-7-23(17-24)20(2)29/h4-13,16-17H,14-15,18H2,1-3H3,(H,27,30). The Bertz CT molecular complexity index is 1270. The summed E-state index contributed by atoms with van der Waals surface area (Å²) in [5.41, 5.74) is 3.11. The van der Waals surface area contributed by atoms with Crippen LogP contribution in [0.3, 0.4) is 0 Å². The highest BCUT2D eigenvalue weighted by Gasteiger charge is 2.19. The average Bonchev–Trinajstić information content (AvgIpc) is 2.80. The first-order chi connectivity index (χ1) is 16.1. The molecule has 178 valence electrons. The first kappa shape index (κ1) is 25.0. The van der Waals surface area contributed by atoms with Gasteiger partial charge in [0.15, 0.2) is 5.78 Å². The van der Waals surface area contributed by atoms with E-state index in [4.69, 9.17) is 4.74 Å². The van der Waals surface area contributed by atoms with Crippen molar-refractivity contribution < 1.29 is 22.7 Å². The van der Waals surface area contributed by atoms with Crippen molar-refractivity contribution in [1.82, 2.24) is 5.32 Å². The number of nitrogens with zero attached hydrogens (tertiary/aromatic N) is 1. The summed E-state index contributed by atoms with van der Waals surface area (Å²) in [6.45, 7) is 4.18. The summed E-state index contributed by atoms with van der Waals surface area (Å²) in [7, 11) is -3.60. The molecule has 0 heterocycles. The number of hydrogen-bond donors (Lipinski definition) is 1. The smallest absolute Gasteiger partial charge is 0.251 e. The SMILES string of the molecule is CC(=O)c1cccc(N(Cc2ccc(C(=O)NCCOc3cccc(C)c3)cc2)S(C)(=O)=O)c1. The fraction of sp³-hybridized carbons (Fsp3) is 0.231. The summed E-state index contributed by atoms with van der Waals surface area (Å²) in [6.07, 6.45) is 1.12. The predicted molar refractivity (Wildman–Crippen MR) is 133 cm³/mol. The van der Waals surface area contributed by atoms with Crippen LogP contribution in [0.15, 0.2) is 72.8 Å². The molecule has 0 bridgehead atoms. The molecule has 0 aromatic heterocycles. The van der Waals surface area contributed by atoms with Gasteiger partial charge in [-0.05, 0) is 61.4 Å². The van der Waals surface area contributed by atoms with Crippen molar-refractivity contribution >= 4 is 27.4 Å². The van der Waals surface area contributed by atoms with Gasteiger partial charge in [-0.15, -0.1) is 0 Å². The van der Waals surface area contributed by atoms with E-state index in [1.165, 1.54) is 11.2 Å². The van der Waals surface area contributed by atoms with Crippen LogP contribution in [0.25, 0.3) is 0 Å². The van der Waals surface area contributed by atoms with Gasteiger partial charge >= 0.3 is 0 Å². The molecule has 0 spiro atoms. The van der Waals surface area contributed by atoms with Gasteiger partial charge in [0.05, 0.1) is 25.0 Å². The average molecular weight is 481 g/mol. The number of carbonyl (C=O) groups is 2. The number of sulfonamides is 1. The number of rotatable bonds is 10. The zero-order valence-electron chi connectivity index (χ0n) is 19.4. The van der Waals surface area contributed by atoms with Gasteiger partial charge in [-0.2, -0.15) is 0 Å². The van der Waals surface area contributed by atoms with Crippen LogP contribution in [0, 0.1) is 6.92 Å². The van der Waals surface area contributed by atoms with Crippen molar-refractivity contribution in [2.24, 2.45) is 0 Å². The fourth-order valence-electron chi connectivity index (χ4n) is 3.35. The van der Waals surface area contributed by atoms with Crippen LogP contribution in [-0.4, -0.2) is 39.5 Å². The highest BCUT2D eigenvalue weighted by atomic mass is 32.2. The number of amides is 1. The Labute approximate surface area is 200 Å². The number of ketones is 1. The largest absolute Gasteiger partial charge is 0.492 e. The number of hydrogen-bond acceptors (Lipinski definition) is 5. The van der Waals surface area contributed by atoms with Crippen molar-refractivity contribution in [3.05, 3.63) is 95.1 Å². The lowest BCUT2D eigenvalue weighted by Gasteiger charge is -2.23. The van der Waals surface area contributed by atoms with E-state index in [2.05, 4.69) is 5.32 Å². The second-order valence-corrected chi connectivity index (χ2v) is 9.90. The summed E-state index contributed by atoms with van der Waals surface area (Å²) in [5.74, 6) is 0.367. The summed E-state index contributed by atoms with van der Waals surface area (Å²) >= 11 is 0. The van der Waals surface area contributed by atoms with Gasteiger partial charge in [0.1, 0.15) is 12.4 Å². The minimum absolute atomic E-state index is 0.0758. The Morgan fingerprint density at radius 3 is 2.29 bits per heavy atom. The number of aryl methyl sites for hydroxylation is 1. The van der Waals surface area contributed by atoms with E-state index >= 15 is 0 Å². The van der Waals surface area contributed by atoms with Crippen LogP contribution in [0.1, 0.15) is 38.8 Å². The van der Waals surface area contributed by atoms with Crippen LogP contribution in [0.2, 0.25) is 0 Å². The molecule has 34 heavy (non-hydrogen) atoms. The Hall–Kier alpha value is -3.65. The van der Waals surface area contributed by atoms with Crippen molar-refractivity contribution in [3.8, 4) is 5.75 Å². The molecule has 1 amide bonds. The maximum atomic E-state index is 12.4. The molecule has 1 N–H and O–H groups in total. The first-order valence-corrected chi connectivity index (χ1v) is 12.6. The van der Waals surface area contributed by atoms with Crippen molar-refractivity contribution in [2.45, 2.75) is 20.4 Å². The molecule has 0 aliphatic heterocycles. The normalized spacial score (nSPS) is 11.0. The third-order valence-corrected chi connectivity index (χ3v) is 6.27. The Morgan fingerprint density at radius 2 is 1.65 bits per heavy atom. The lowest BCUT2D eigenvalue weighted by molar-refractivity contribution is 0.0946. The molecule has 0 radical (unpaired) electrons. The molecule has 0 unspecified atom stereocenters. The molecule has 3 rings (SSSR count). The monoisotopic (exact) mass is 480 g/mol. The van der Waals surface area contributed by atoms with Gasteiger partial charge in [-0.1, -0.05) is 36.4 Å². The molecule has 0 saturated heterocycles. The molecule has 0 atom stereocenters. The second kappa shape index (κ2) is 11.0. The summed E-state index contributed by atoms with van der Waals surface area (Å²) in [5, 5.41) is 2.81. The first-order valence-electron chi connectivity index (χ1n) is 10.8. The molecule has 7 nitrogen and oxygen atoms in total. The van der Waals surface area contributed by atoms with E-state index in [1.54, 1.807) is 48.5 Å². The summed E-state index contributed by atoms with van der Waals surface area (Å²) in [4.78, 5) is 24.1. The van der Waals surface area contributed by atoms with Gasteiger partial charge in [0, 0.05) is 11.1 Å². The summed E-state index contributed by atoms with van der Waals surface area (Å²) < 4.78 is 31.7. The lowest BCUT2D eigenvalue weighted by Crippen LogP contribution is -2.30. The third-order valence-electron chi connectivity index (χ3n) is 5.13. The topological polar surface area (TPSA) is 92.8 Å². The van der Waals surface area contributed by atoms with Gasteiger partial charge in [0.25, 0.3) is 5.91 Å². The quantitative estimate of drug-likeness (QED) is 0.350. The van der Waals surface area contributed by atoms with Crippen LogP contribution in [-0.2, 0) is 16.6 Å². The van der Waals surface area contributed by atoms with Crippen LogP contribution in [0.4, 0.5) is 5.69 Å². The number of nitrogens with one attached hydrogen (secondary N) is 1. The van der Waals surface area contributed by atoms with Crippen LogP contribution < -0.4 is 14.4 Å². The van der Waals surface area contributed by atoms with Crippen molar-refractivity contribution in [3.63, 3.8) is 0 Å². The maximum Gasteiger partial charge on any atom is 0.251 e.